The van der Waals surface area contributed by atoms with Crippen molar-refractivity contribution in [2.24, 2.45) is 0 Å². The maximum absolute atomic E-state index is 3.43. The molecule has 1 nitrogen and oxygen atoms in total. The summed E-state index contributed by atoms with van der Waals surface area (Å²) in [6.07, 6.45) is 2.30. The van der Waals surface area contributed by atoms with E-state index in [1.54, 1.807) is 0 Å². The summed E-state index contributed by atoms with van der Waals surface area (Å²) in [5, 5.41) is 3.43. The molecule has 0 fully saturated rings. The molecule has 0 unspecified atom stereocenters. The zero-order chi connectivity index (χ0) is 11.9. The molecule has 88 valence electrons. The van der Waals surface area contributed by atoms with Gasteiger partial charge in [-0.25, -0.2) is 0 Å². The molecule has 0 heterocycles. The summed E-state index contributed by atoms with van der Waals surface area (Å²) < 4.78 is 0. The van der Waals surface area contributed by atoms with Gasteiger partial charge in [-0.1, -0.05) is 48.0 Å². The molecule has 2 rings (SSSR count). The van der Waals surface area contributed by atoms with E-state index in [4.69, 9.17) is 0 Å². The van der Waals surface area contributed by atoms with Crippen LogP contribution in [-0.2, 0) is 6.42 Å². The summed E-state index contributed by atoms with van der Waals surface area (Å²) in [6.45, 7) is 3.15. The van der Waals surface area contributed by atoms with Crippen molar-refractivity contribution in [3.05, 3.63) is 65.7 Å². The first-order valence-corrected chi connectivity index (χ1v) is 6.19. The highest BCUT2D eigenvalue weighted by Gasteiger charge is 1.93. The minimum absolute atomic E-state index is 1.03. The van der Waals surface area contributed by atoms with Crippen molar-refractivity contribution in [2.75, 3.05) is 11.9 Å². The fourth-order valence-electron chi connectivity index (χ4n) is 1.84. The van der Waals surface area contributed by atoms with Gasteiger partial charge < -0.3 is 5.32 Å². The van der Waals surface area contributed by atoms with Gasteiger partial charge in [-0.3, -0.25) is 0 Å². The van der Waals surface area contributed by atoms with Gasteiger partial charge >= 0.3 is 0 Å². The highest BCUT2D eigenvalue weighted by Crippen LogP contribution is 2.08. The average Bonchev–Trinajstić information content (AvgIpc) is 2.38. The van der Waals surface area contributed by atoms with E-state index in [2.05, 4.69) is 60.8 Å². The number of anilines is 1. The minimum Gasteiger partial charge on any atom is -0.385 e. The van der Waals surface area contributed by atoms with Crippen LogP contribution in [0.3, 0.4) is 0 Å². The van der Waals surface area contributed by atoms with Crippen molar-refractivity contribution in [1.82, 2.24) is 0 Å². The zero-order valence-corrected chi connectivity index (χ0v) is 10.3. The van der Waals surface area contributed by atoms with Gasteiger partial charge in [0.2, 0.25) is 0 Å². The first-order valence-electron chi connectivity index (χ1n) is 6.19. The molecule has 0 radical (unpaired) electrons. The van der Waals surface area contributed by atoms with Crippen LogP contribution in [0.1, 0.15) is 17.5 Å². The van der Waals surface area contributed by atoms with Gasteiger partial charge in [0, 0.05) is 12.2 Å². The van der Waals surface area contributed by atoms with Crippen LogP contribution in [-0.4, -0.2) is 6.54 Å². The van der Waals surface area contributed by atoms with E-state index < -0.39 is 0 Å². The van der Waals surface area contributed by atoms with E-state index in [9.17, 15) is 0 Å². The smallest absolute Gasteiger partial charge is 0.0340 e. The van der Waals surface area contributed by atoms with E-state index in [-0.39, 0.29) is 0 Å². The molecular weight excluding hydrogens is 206 g/mol. The number of benzene rings is 2. The van der Waals surface area contributed by atoms with Crippen molar-refractivity contribution in [3.8, 4) is 0 Å². The molecule has 0 bridgehead atoms. The Labute approximate surface area is 103 Å². The number of nitrogens with one attached hydrogen (secondary N) is 1. The molecule has 0 amide bonds. The zero-order valence-electron chi connectivity index (χ0n) is 10.3. The average molecular weight is 225 g/mol. The Morgan fingerprint density at radius 3 is 2.29 bits per heavy atom. The largest absolute Gasteiger partial charge is 0.385 e. The van der Waals surface area contributed by atoms with Gasteiger partial charge in [-0.15, -0.1) is 0 Å². The Balaban J connectivity index is 1.71. The maximum atomic E-state index is 3.43. The highest BCUT2D eigenvalue weighted by molar-refractivity contribution is 5.42. The number of para-hydroxylation sites is 1. The van der Waals surface area contributed by atoms with Crippen molar-refractivity contribution in [3.63, 3.8) is 0 Å². The molecule has 1 N–H and O–H groups in total. The van der Waals surface area contributed by atoms with Crippen molar-refractivity contribution < 1.29 is 0 Å². The second kappa shape index (κ2) is 6.09. The molecule has 1 heteroatoms. The summed E-state index contributed by atoms with van der Waals surface area (Å²) in [6, 6.07) is 19.2. The molecule has 0 saturated heterocycles. The standard InChI is InChI=1S/C16H19N/c1-14-9-11-15(12-10-14)6-5-13-17-16-7-3-2-4-8-16/h2-4,7-12,17H,5-6,13H2,1H3. The number of hydrogen-bond acceptors (Lipinski definition) is 1. The normalized spacial score (nSPS) is 10.2. The third kappa shape index (κ3) is 3.95. The van der Waals surface area contributed by atoms with Crippen LogP contribution < -0.4 is 5.32 Å². The van der Waals surface area contributed by atoms with Crippen LogP contribution in [0.5, 0.6) is 0 Å². The predicted molar refractivity (Wildman–Crippen MR) is 74.4 cm³/mol. The number of hydrogen-bond donors (Lipinski definition) is 1. The Kier molecular flexibility index (Phi) is 4.20. The second-order valence-corrected chi connectivity index (χ2v) is 4.38. The maximum Gasteiger partial charge on any atom is 0.0340 e. The van der Waals surface area contributed by atoms with E-state index in [1.165, 1.54) is 16.8 Å². The quantitative estimate of drug-likeness (QED) is 0.757. The van der Waals surface area contributed by atoms with Crippen LogP contribution in [0, 0.1) is 6.92 Å². The minimum atomic E-state index is 1.03. The lowest BCUT2D eigenvalue weighted by Gasteiger charge is -2.06. The molecule has 0 spiro atoms. The lowest BCUT2D eigenvalue weighted by Crippen LogP contribution is -2.02. The first kappa shape index (κ1) is 11.7. The Bertz CT molecular complexity index is 431. The molecule has 0 aliphatic heterocycles. The van der Waals surface area contributed by atoms with Crippen LogP contribution in [0.15, 0.2) is 54.6 Å². The summed E-state index contributed by atoms with van der Waals surface area (Å²) in [7, 11) is 0. The summed E-state index contributed by atoms with van der Waals surface area (Å²) in [4.78, 5) is 0. The predicted octanol–water partition coefficient (Wildman–Crippen LogP) is 4.04. The number of aryl methyl sites for hydroxylation is 2. The molecule has 17 heavy (non-hydrogen) atoms. The van der Waals surface area contributed by atoms with Crippen molar-refractivity contribution >= 4 is 5.69 Å². The van der Waals surface area contributed by atoms with E-state index in [0.717, 1.165) is 19.4 Å². The van der Waals surface area contributed by atoms with E-state index in [1.807, 2.05) is 6.07 Å². The fourth-order valence-corrected chi connectivity index (χ4v) is 1.84. The van der Waals surface area contributed by atoms with Gasteiger partial charge in [-0.2, -0.15) is 0 Å². The van der Waals surface area contributed by atoms with Gasteiger partial charge in [0.05, 0.1) is 0 Å². The molecule has 0 saturated carbocycles. The van der Waals surface area contributed by atoms with Crippen molar-refractivity contribution in [2.45, 2.75) is 19.8 Å². The topological polar surface area (TPSA) is 12.0 Å². The summed E-state index contributed by atoms with van der Waals surface area (Å²) in [5.74, 6) is 0. The lowest BCUT2D eigenvalue weighted by molar-refractivity contribution is 0.862. The third-order valence-corrected chi connectivity index (χ3v) is 2.87. The van der Waals surface area contributed by atoms with E-state index >= 15 is 0 Å². The SMILES string of the molecule is Cc1ccc(CCCNc2ccccc2)cc1. The molecule has 0 atom stereocenters. The summed E-state index contributed by atoms with van der Waals surface area (Å²) in [5.41, 5.74) is 3.96. The first-order chi connectivity index (χ1) is 8.34. The van der Waals surface area contributed by atoms with Crippen LogP contribution in [0.4, 0.5) is 5.69 Å². The molecule has 0 aliphatic carbocycles. The third-order valence-electron chi connectivity index (χ3n) is 2.87. The Hall–Kier alpha value is -1.76. The highest BCUT2D eigenvalue weighted by atomic mass is 14.9. The van der Waals surface area contributed by atoms with Crippen LogP contribution in [0.25, 0.3) is 0 Å². The molecule has 0 aromatic heterocycles. The lowest BCUT2D eigenvalue weighted by atomic mass is 10.1. The monoisotopic (exact) mass is 225 g/mol. The second-order valence-electron chi connectivity index (χ2n) is 4.38. The van der Waals surface area contributed by atoms with Crippen LogP contribution in [0.2, 0.25) is 0 Å². The van der Waals surface area contributed by atoms with Gasteiger partial charge in [0.25, 0.3) is 0 Å². The number of rotatable bonds is 5. The Morgan fingerprint density at radius 2 is 1.59 bits per heavy atom. The van der Waals surface area contributed by atoms with Crippen LogP contribution >= 0.6 is 0 Å². The molecule has 2 aromatic rings. The van der Waals surface area contributed by atoms with Gasteiger partial charge in [-0.05, 0) is 37.5 Å². The van der Waals surface area contributed by atoms with Gasteiger partial charge in [0.15, 0.2) is 0 Å². The Morgan fingerprint density at radius 1 is 0.882 bits per heavy atom. The molecule has 2 aromatic carbocycles. The molecule has 0 aliphatic rings. The summed E-state index contributed by atoms with van der Waals surface area (Å²) >= 11 is 0. The van der Waals surface area contributed by atoms with Gasteiger partial charge in [0.1, 0.15) is 0 Å². The fraction of sp³-hybridized carbons (Fsp3) is 0.250. The van der Waals surface area contributed by atoms with Crippen molar-refractivity contribution in [1.29, 1.82) is 0 Å². The molecular formula is C16H19N. The van der Waals surface area contributed by atoms with E-state index in [0.29, 0.717) is 0 Å².